The Labute approximate surface area is 161 Å². The van der Waals surface area contributed by atoms with Gasteiger partial charge in [-0.1, -0.05) is 18.2 Å². The number of aryl methyl sites for hydroxylation is 1. The number of fused-ring (bicyclic) bond motifs is 1. The lowest BCUT2D eigenvalue weighted by Gasteiger charge is -2.12. The first kappa shape index (κ1) is 17.9. The monoisotopic (exact) mass is 376 g/mol. The number of hydrogen-bond donors (Lipinski definition) is 2. The molecule has 2 aromatic carbocycles. The molecule has 1 fully saturated rings. The van der Waals surface area contributed by atoms with Crippen LogP contribution in [0, 0.1) is 6.92 Å². The predicted octanol–water partition coefficient (Wildman–Crippen LogP) is 2.24. The summed E-state index contributed by atoms with van der Waals surface area (Å²) in [7, 11) is 0. The summed E-state index contributed by atoms with van der Waals surface area (Å²) in [5.41, 5.74) is 2.37. The largest absolute Gasteiger partial charge is 0.349 e. The van der Waals surface area contributed by atoms with Gasteiger partial charge in [-0.2, -0.15) is 5.10 Å². The van der Waals surface area contributed by atoms with Gasteiger partial charge >= 0.3 is 0 Å². The Bertz CT molecular complexity index is 1130. The Morgan fingerprint density at radius 1 is 1.18 bits per heavy atom. The highest BCUT2D eigenvalue weighted by Gasteiger charge is 2.24. The van der Waals surface area contributed by atoms with Crippen LogP contribution in [0.1, 0.15) is 28.8 Å². The second kappa shape index (κ2) is 7.26. The lowest BCUT2D eigenvalue weighted by atomic mass is 10.1. The Morgan fingerprint density at radius 2 is 1.96 bits per heavy atom. The van der Waals surface area contributed by atoms with E-state index in [-0.39, 0.29) is 29.8 Å². The normalized spacial score (nSPS) is 13.3. The van der Waals surface area contributed by atoms with Gasteiger partial charge in [0, 0.05) is 22.7 Å². The zero-order valence-corrected chi connectivity index (χ0v) is 15.4. The molecule has 3 aromatic rings. The van der Waals surface area contributed by atoms with E-state index in [0.29, 0.717) is 22.2 Å². The molecule has 2 N–H and O–H groups in total. The number of anilines is 1. The molecule has 1 aliphatic carbocycles. The van der Waals surface area contributed by atoms with E-state index in [4.69, 9.17) is 0 Å². The number of benzene rings is 2. The van der Waals surface area contributed by atoms with Gasteiger partial charge in [-0.05, 0) is 49.6 Å². The first-order valence-corrected chi connectivity index (χ1v) is 9.17. The quantitative estimate of drug-likeness (QED) is 0.714. The maximum atomic E-state index is 12.6. The highest BCUT2D eigenvalue weighted by molar-refractivity contribution is 5.98. The van der Waals surface area contributed by atoms with Crippen LogP contribution in [-0.4, -0.2) is 27.6 Å². The van der Waals surface area contributed by atoms with Crippen molar-refractivity contribution < 1.29 is 9.59 Å². The highest BCUT2D eigenvalue weighted by Crippen LogP contribution is 2.21. The minimum absolute atomic E-state index is 0.0429. The predicted molar refractivity (Wildman–Crippen MR) is 106 cm³/mol. The Hall–Kier alpha value is -3.48. The first-order chi connectivity index (χ1) is 13.5. The van der Waals surface area contributed by atoms with Gasteiger partial charge in [0.2, 0.25) is 11.3 Å². The van der Waals surface area contributed by atoms with E-state index in [0.717, 1.165) is 18.4 Å². The topological polar surface area (TPSA) is 93.1 Å². The van der Waals surface area contributed by atoms with Crippen molar-refractivity contribution in [3.05, 3.63) is 70.0 Å². The number of aromatic nitrogens is 2. The fourth-order valence-corrected chi connectivity index (χ4v) is 3.01. The van der Waals surface area contributed by atoms with E-state index in [2.05, 4.69) is 15.7 Å². The molecular formula is C21H20N4O3. The smallest absolute Gasteiger partial charge is 0.251 e. The highest BCUT2D eigenvalue weighted by atomic mass is 16.2. The Balaban J connectivity index is 1.53. The molecule has 0 saturated heterocycles. The number of amides is 2. The molecule has 4 rings (SSSR count). The fraction of sp³-hybridized carbons (Fsp3) is 0.238. The molecule has 7 nitrogen and oxygen atoms in total. The molecule has 28 heavy (non-hydrogen) atoms. The van der Waals surface area contributed by atoms with E-state index in [1.165, 1.54) is 10.9 Å². The number of carbonyl (C=O) groups excluding carboxylic acids is 2. The Morgan fingerprint density at radius 3 is 2.75 bits per heavy atom. The van der Waals surface area contributed by atoms with Crippen LogP contribution in [0.25, 0.3) is 10.9 Å². The average Bonchev–Trinajstić information content (AvgIpc) is 3.50. The van der Waals surface area contributed by atoms with Crippen molar-refractivity contribution in [1.82, 2.24) is 15.1 Å². The molecule has 0 aliphatic heterocycles. The lowest BCUT2D eigenvalue weighted by molar-refractivity contribution is -0.116. The van der Waals surface area contributed by atoms with E-state index >= 15 is 0 Å². The molecule has 0 unspecified atom stereocenters. The average molecular weight is 376 g/mol. The SMILES string of the molecule is Cc1ccc(C(=O)NC2CC2)cc1NC(=O)Cn1ncc(=O)c2ccccc21. The number of hydrogen-bond acceptors (Lipinski definition) is 4. The van der Waals surface area contributed by atoms with Gasteiger partial charge in [0.1, 0.15) is 6.54 Å². The molecule has 1 aliphatic rings. The summed E-state index contributed by atoms with van der Waals surface area (Å²) in [6.45, 7) is 1.82. The van der Waals surface area contributed by atoms with Crippen LogP contribution in [0.3, 0.4) is 0 Å². The maximum absolute atomic E-state index is 12.6. The van der Waals surface area contributed by atoms with Crippen LogP contribution in [0.2, 0.25) is 0 Å². The molecular weight excluding hydrogens is 356 g/mol. The molecule has 1 saturated carbocycles. The summed E-state index contributed by atoms with van der Waals surface area (Å²) in [5.74, 6) is -0.421. The molecule has 1 aromatic heterocycles. The van der Waals surface area contributed by atoms with Crippen LogP contribution in [-0.2, 0) is 11.3 Å². The van der Waals surface area contributed by atoms with Gasteiger partial charge in [0.25, 0.3) is 5.91 Å². The van der Waals surface area contributed by atoms with Crippen molar-refractivity contribution in [3.63, 3.8) is 0 Å². The third kappa shape index (κ3) is 3.78. The second-order valence-corrected chi connectivity index (χ2v) is 7.01. The van der Waals surface area contributed by atoms with Gasteiger partial charge in [0.15, 0.2) is 0 Å². The summed E-state index contributed by atoms with van der Waals surface area (Å²) >= 11 is 0. The van der Waals surface area contributed by atoms with Gasteiger partial charge in [-0.15, -0.1) is 0 Å². The Kier molecular flexibility index (Phi) is 4.65. The maximum Gasteiger partial charge on any atom is 0.251 e. The van der Waals surface area contributed by atoms with Crippen molar-refractivity contribution in [3.8, 4) is 0 Å². The minimum atomic E-state index is -0.288. The molecule has 0 bridgehead atoms. The van der Waals surface area contributed by atoms with Crippen LogP contribution in [0.15, 0.2) is 53.5 Å². The van der Waals surface area contributed by atoms with E-state index in [1.807, 2.05) is 13.0 Å². The molecule has 1 heterocycles. The van der Waals surface area contributed by atoms with Crippen molar-refractivity contribution in [2.45, 2.75) is 32.4 Å². The molecule has 142 valence electrons. The van der Waals surface area contributed by atoms with Crippen LogP contribution in [0.4, 0.5) is 5.69 Å². The van der Waals surface area contributed by atoms with Crippen molar-refractivity contribution in [2.24, 2.45) is 0 Å². The van der Waals surface area contributed by atoms with Crippen molar-refractivity contribution in [1.29, 1.82) is 0 Å². The molecule has 0 spiro atoms. The van der Waals surface area contributed by atoms with Gasteiger partial charge < -0.3 is 10.6 Å². The number of nitrogens with one attached hydrogen (secondary N) is 2. The summed E-state index contributed by atoms with van der Waals surface area (Å²) in [4.78, 5) is 36.7. The fourth-order valence-electron chi connectivity index (χ4n) is 3.01. The standard InChI is InChI=1S/C21H20N4O3/c1-13-6-7-14(21(28)23-15-8-9-15)10-17(13)24-20(27)12-25-18-5-3-2-4-16(18)19(26)11-22-25/h2-7,10-11,15H,8-9,12H2,1H3,(H,23,28)(H,24,27). The van der Waals surface area contributed by atoms with Gasteiger partial charge in [-0.3, -0.25) is 19.1 Å². The van der Waals surface area contributed by atoms with Crippen LogP contribution < -0.4 is 16.1 Å². The van der Waals surface area contributed by atoms with Crippen LogP contribution in [0.5, 0.6) is 0 Å². The van der Waals surface area contributed by atoms with Crippen LogP contribution >= 0.6 is 0 Å². The molecule has 7 heteroatoms. The number of nitrogens with zero attached hydrogens (tertiary/aromatic N) is 2. The summed E-state index contributed by atoms with van der Waals surface area (Å²) < 4.78 is 1.49. The summed E-state index contributed by atoms with van der Waals surface area (Å²) in [6.07, 6.45) is 3.24. The third-order valence-electron chi connectivity index (χ3n) is 4.74. The van der Waals surface area contributed by atoms with E-state index in [9.17, 15) is 14.4 Å². The van der Waals surface area contributed by atoms with Gasteiger partial charge in [0.05, 0.1) is 11.7 Å². The summed E-state index contributed by atoms with van der Waals surface area (Å²) in [5, 5.41) is 10.4. The first-order valence-electron chi connectivity index (χ1n) is 9.17. The second-order valence-electron chi connectivity index (χ2n) is 7.01. The molecule has 2 amide bonds. The molecule has 0 radical (unpaired) electrons. The lowest BCUT2D eigenvalue weighted by Crippen LogP contribution is -2.26. The van der Waals surface area contributed by atoms with E-state index < -0.39 is 0 Å². The van der Waals surface area contributed by atoms with Crippen molar-refractivity contribution >= 4 is 28.4 Å². The number of carbonyl (C=O) groups is 2. The zero-order chi connectivity index (χ0) is 19.7. The number of para-hydroxylation sites is 1. The molecule has 0 atom stereocenters. The van der Waals surface area contributed by atoms with Crippen molar-refractivity contribution in [2.75, 3.05) is 5.32 Å². The van der Waals surface area contributed by atoms with E-state index in [1.54, 1.807) is 36.4 Å². The summed E-state index contributed by atoms with van der Waals surface area (Å²) in [6, 6.07) is 12.5. The zero-order valence-electron chi connectivity index (χ0n) is 15.4. The minimum Gasteiger partial charge on any atom is -0.349 e. The van der Waals surface area contributed by atoms with Gasteiger partial charge in [-0.25, -0.2) is 0 Å². The third-order valence-corrected chi connectivity index (χ3v) is 4.74. The number of rotatable bonds is 5.